The third kappa shape index (κ3) is 4.08. The fraction of sp³-hybridized carbons (Fsp3) is 0.846. The van der Waals surface area contributed by atoms with Gasteiger partial charge >= 0.3 is 12.0 Å². The van der Waals surface area contributed by atoms with Crippen LogP contribution < -0.4 is 10.6 Å². The number of carbonyl (C=O) groups is 2. The van der Waals surface area contributed by atoms with Gasteiger partial charge < -0.3 is 25.6 Å². The molecule has 1 aliphatic carbocycles. The van der Waals surface area contributed by atoms with Crippen LogP contribution in [0.15, 0.2) is 0 Å². The van der Waals surface area contributed by atoms with Gasteiger partial charge in [-0.2, -0.15) is 0 Å². The number of aliphatic hydroxyl groups excluding tert-OH is 1. The van der Waals surface area contributed by atoms with Crippen molar-refractivity contribution in [1.29, 1.82) is 0 Å². The first kappa shape index (κ1) is 16.7. The van der Waals surface area contributed by atoms with E-state index in [2.05, 4.69) is 10.6 Å². The minimum Gasteiger partial charge on any atom is -0.479 e. The molecule has 1 saturated carbocycles. The molecule has 4 N–H and O–H groups in total. The molecule has 0 bridgehead atoms. The molecule has 3 unspecified atom stereocenters. The van der Waals surface area contributed by atoms with Crippen LogP contribution in [0.4, 0.5) is 4.79 Å². The average molecular weight is 288 g/mol. The molecule has 0 radical (unpaired) electrons. The third-order valence-electron chi connectivity index (χ3n) is 3.84. The summed E-state index contributed by atoms with van der Waals surface area (Å²) in [5, 5.41) is 22.9. The highest BCUT2D eigenvalue weighted by Crippen LogP contribution is 2.42. The molecule has 116 valence electrons. The minimum atomic E-state index is -1.45. The second kappa shape index (κ2) is 6.90. The number of hydrogen-bond donors (Lipinski definition) is 4. The van der Waals surface area contributed by atoms with E-state index in [1.165, 1.54) is 0 Å². The summed E-state index contributed by atoms with van der Waals surface area (Å²) in [6.45, 7) is 6.78. The number of carboxylic acid groups (broad SMARTS) is 1. The summed E-state index contributed by atoms with van der Waals surface area (Å²) < 4.78 is 5.57. The largest absolute Gasteiger partial charge is 0.479 e. The molecule has 0 aromatic heterocycles. The average Bonchev–Trinajstić information content (AvgIpc) is 2.37. The van der Waals surface area contributed by atoms with Crippen molar-refractivity contribution in [1.82, 2.24) is 10.6 Å². The van der Waals surface area contributed by atoms with E-state index in [9.17, 15) is 9.59 Å². The summed E-state index contributed by atoms with van der Waals surface area (Å²) in [7, 11) is 0. The fourth-order valence-electron chi connectivity index (χ4n) is 2.27. The molecule has 1 fully saturated rings. The van der Waals surface area contributed by atoms with Crippen LogP contribution in [-0.4, -0.2) is 53.6 Å². The van der Waals surface area contributed by atoms with E-state index >= 15 is 0 Å². The van der Waals surface area contributed by atoms with Crippen LogP contribution in [0.3, 0.4) is 0 Å². The Morgan fingerprint density at radius 2 is 2.10 bits per heavy atom. The van der Waals surface area contributed by atoms with Crippen molar-refractivity contribution in [3.8, 4) is 0 Å². The molecule has 3 atom stereocenters. The molecular formula is C13H24N2O5. The maximum absolute atomic E-state index is 11.7. The van der Waals surface area contributed by atoms with Crippen molar-refractivity contribution in [2.24, 2.45) is 5.41 Å². The molecule has 0 aliphatic heterocycles. The highest BCUT2D eigenvalue weighted by atomic mass is 16.5. The number of ether oxygens (including phenoxy) is 1. The Kier molecular flexibility index (Phi) is 5.76. The lowest BCUT2D eigenvalue weighted by atomic mass is 9.64. The van der Waals surface area contributed by atoms with E-state index in [1.807, 2.05) is 20.8 Å². The Bertz CT molecular complexity index is 359. The first-order valence-electron chi connectivity index (χ1n) is 6.85. The van der Waals surface area contributed by atoms with Gasteiger partial charge in [0.1, 0.15) is 0 Å². The molecule has 0 heterocycles. The molecule has 7 heteroatoms. The Morgan fingerprint density at radius 3 is 2.60 bits per heavy atom. The maximum Gasteiger partial charge on any atom is 0.332 e. The van der Waals surface area contributed by atoms with Gasteiger partial charge in [0.15, 0.2) is 6.10 Å². The number of nitrogens with one attached hydrogen (secondary N) is 2. The zero-order valence-corrected chi connectivity index (χ0v) is 12.2. The van der Waals surface area contributed by atoms with Crippen LogP contribution >= 0.6 is 0 Å². The van der Waals surface area contributed by atoms with Crippen molar-refractivity contribution in [2.75, 3.05) is 13.2 Å². The number of aliphatic hydroxyl groups is 1. The summed E-state index contributed by atoms with van der Waals surface area (Å²) in [4.78, 5) is 22.1. The van der Waals surface area contributed by atoms with Crippen LogP contribution in [0.5, 0.6) is 0 Å². The van der Waals surface area contributed by atoms with E-state index in [-0.39, 0.29) is 36.6 Å². The summed E-state index contributed by atoms with van der Waals surface area (Å²) in [5.74, 6) is -1.29. The van der Waals surface area contributed by atoms with Crippen LogP contribution in [0, 0.1) is 5.41 Å². The summed E-state index contributed by atoms with van der Waals surface area (Å²) in [5.41, 5.74) is -0.117. The molecule has 2 amide bonds. The Hall–Kier alpha value is -1.34. The molecule has 1 rings (SSSR count). The quantitative estimate of drug-likeness (QED) is 0.540. The van der Waals surface area contributed by atoms with Gasteiger partial charge in [-0.3, -0.25) is 0 Å². The van der Waals surface area contributed by atoms with Crippen molar-refractivity contribution in [3.05, 3.63) is 0 Å². The SMILES string of the molecule is CCOC1CC(NC(=O)NCCC(O)C(=O)O)C1(C)C. The number of amides is 2. The summed E-state index contributed by atoms with van der Waals surface area (Å²) >= 11 is 0. The van der Waals surface area contributed by atoms with Crippen molar-refractivity contribution >= 4 is 12.0 Å². The Labute approximate surface area is 118 Å². The lowest BCUT2D eigenvalue weighted by molar-refractivity contribution is -0.146. The second-order valence-electron chi connectivity index (χ2n) is 5.60. The lowest BCUT2D eigenvalue weighted by Gasteiger charge is -2.51. The van der Waals surface area contributed by atoms with E-state index in [4.69, 9.17) is 14.9 Å². The maximum atomic E-state index is 11.7. The molecule has 0 aromatic rings. The zero-order chi connectivity index (χ0) is 15.3. The topological polar surface area (TPSA) is 108 Å². The highest BCUT2D eigenvalue weighted by Gasteiger charge is 2.49. The van der Waals surface area contributed by atoms with Crippen molar-refractivity contribution in [2.45, 2.75) is 51.9 Å². The van der Waals surface area contributed by atoms with Gasteiger partial charge in [-0.25, -0.2) is 9.59 Å². The van der Waals surface area contributed by atoms with Gasteiger partial charge in [-0.05, 0) is 13.3 Å². The Morgan fingerprint density at radius 1 is 1.45 bits per heavy atom. The van der Waals surface area contributed by atoms with Crippen LogP contribution in [0.2, 0.25) is 0 Å². The molecule has 20 heavy (non-hydrogen) atoms. The summed E-state index contributed by atoms with van der Waals surface area (Å²) in [6, 6.07) is -0.320. The number of rotatable bonds is 7. The first-order valence-corrected chi connectivity index (χ1v) is 6.85. The number of carboxylic acids is 1. The third-order valence-corrected chi connectivity index (χ3v) is 3.84. The monoisotopic (exact) mass is 288 g/mol. The van der Waals surface area contributed by atoms with Gasteiger partial charge in [-0.15, -0.1) is 0 Å². The van der Waals surface area contributed by atoms with Gasteiger partial charge in [0, 0.05) is 31.0 Å². The molecule has 0 saturated heterocycles. The number of urea groups is 1. The number of hydrogen-bond acceptors (Lipinski definition) is 4. The van der Waals surface area contributed by atoms with Crippen LogP contribution in [0.25, 0.3) is 0 Å². The smallest absolute Gasteiger partial charge is 0.332 e. The van der Waals surface area contributed by atoms with Gasteiger partial charge in [0.05, 0.1) is 6.10 Å². The van der Waals surface area contributed by atoms with Gasteiger partial charge in [0.2, 0.25) is 0 Å². The molecule has 7 nitrogen and oxygen atoms in total. The van der Waals surface area contributed by atoms with E-state index < -0.39 is 12.1 Å². The normalized spacial score (nSPS) is 25.4. The zero-order valence-electron chi connectivity index (χ0n) is 12.2. The van der Waals surface area contributed by atoms with Crippen LogP contribution in [0.1, 0.15) is 33.6 Å². The molecule has 1 aliphatic rings. The van der Waals surface area contributed by atoms with E-state index in [1.54, 1.807) is 0 Å². The molecule has 0 aromatic carbocycles. The minimum absolute atomic E-state index is 0.0155. The van der Waals surface area contributed by atoms with Crippen molar-refractivity contribution < 1.29 is 24.5 Å². The predicted molar refractivity (Wildman–Crippen MR) is 72.4 cm³/mol. The number of carbonyl (C=O) groups excluding carboxylic acids is 1. The lowest BCUT2D eigenvalue weighted by Crippen LogP contribution is -2.63. The standard InChI is InChI=1S/C13H24N2O5/c1-4-20-10-7-9(13(10,2)3)15-12(19)14-6-5-8(16)11(17)18/h8-10,16H,4-7H2,1-3H3,(H,17,18)(H2,14,15,19). The second-order valence-corrected chi connectivity index (χ2v) is 5.60. The van der Waals surface area contributed by atoms with Crippen molar-refractivity contribution in [3.63, 3.8) is 0 Å². The van der Waals surface area contributed by atoms with E-state index in [0.717, 1.165) is 6.42 Å². The Balaban J connectivity index is 2.25. The predicted octanol–water partition coefficient (Wildman–Crippen LogP) is 0.325. The first-order chi connectivity index (χ1) is 9.28. The fourth-order valence-corrected chi connectivity index (χ4v) is 2.27. The van der Waals surface area contributed by atoms with E-state index in [0.29, 0.717) is 6.61 Å². The van der Waals surface area contributed by atoms with Gasteiger partial charge in [-0.1, -0.05) is 13.8 Å². The highest BCUT2D eigenvalue weighted by molar-refractivity contribution is 5.75. The molecular weight excluding hydrogens is 264 g/mol. The van der Waals surface area contributed by atoms with Gasteiger partial charge in [0.25, 0.3) is 0 Å². The number of aliphatic carboxylic acids is 1. The van der Waals surface area contributed by atoms with Crippen LogP contribution in [-0.2, 0) is 9.53 Å². The molecule has 0 spiro atoms. The summed E-state index contributed by atoms with van der Waals surface area (Å²) in [6.07, 6.45) is -0.547.